The second-order valence-electron chi connectivity index (χ2n) is 6.25. The maximum Gasteiger partial charge on any atom is 0.231 e. The summed E-state index contributed by atoms with van der Waals surface area (Å²) in [4.78, 5) is 4.62. The molecular formula is C16H19N3O. The highest BCUT2D eigenvalue weighted by molar-refractivity contribution is 5.41. The number of hydrogen-bond donors (Lipinski definition) is 1. The summed E-state index contributed by atoms with van der Waals surface area (Å²) in [7, 11) is 0. The Labute approximate surface area is 118 Å². The highest BCUT2D eigenvalue weighted by atomic mass is 16.5. The lowest BCUT2D eigenvalue weighted by molar-refractivity contribution is 0.355. The Morgan fingerprint density at radius 1 is 1.25 bits per heavy atom. The van der Waals surface area contributed by atoms with Crippen LogP contribution in [-0.4, -0.2) is 10.1 Å². The molecule has 104 valence electrons. The lowest BCUT2D eigenvalue weighted by atomic mass is 9.88. The fourth-order valence-electron chi connectivity index (χ4n) is 3.93. The van der Waals surface area contributed by atoms with Crippen LogP contribution in [0.3, 0.4) is 0 Å². The predicted molar refractivity (Wildman–Crippen MR) is 76.1 cm³/mol. The number of benzene rings is 1. The molecule has 1 heterocycles. The van der Waals surface area contributed by atoms with Crippen LogP contribution in [-0.2, 0) is 6.42 Å². The van der Waals surface area contributed by atoms with Crippen LogP contribution in [0.2, 0.25) is 0 Å². The van der Waals surface area contributed by atoms with Crippen LogP contribution >= 0.6 is 0 Å². The summed E-state index contributed by atoms with van der Waals surface area (Å²) >= 11 is 0. The topological polar surface area (TPSA) is 64.9 Å². The van der Waals surface area contributed by atoms with Gasteiger partial charge in [0, 0.05) is 11.6 Å². The van der Waals surface area contributed by atoms with Gasteiger partial charge in [-0.2, -0.15) is 4.98 Å². The van der Waals surface area contributed by atoms with Crippen LogP contribution in [0.15, 0.2) is 28.8 Å². The number of nitrogens with zero attached hydrogens (tertiary/aromatic N) is 2. The molecule has 0 aliphatic heterocycles. The molecule has 4 heteroatoms. The minimum atomic E-state index is 0.534. The van der Waals surface area contributed by atoms with Crippen molar-refractivity contribution in [2.45, 2.75) is 38.0 Å². The fraction of sp³-hybridized carbons (Fsp3) is 0.500. The molecule has 20 heavy (non-hydrogen) atoms. The third-order valence-corrected chi connectivity index (χ3v) is 4.86. The van der Waals surface area contributed by atoms with E-state index in [4.69, 9.17) is 10.3 Å². The van der Waals surface area contributed by atoms with Crippen LogP contribution in [0.5, 0.6) is 0 Å². The number of nitrogen functional groups attached to an aromatic ring is 1. The van der Waals surface area contributed by atoms with E-state index in [9.17, 15) is 0 Å². The van der Waals surface area contributed by atoms with Crippen molar-refractivity contribution in [3.05, 3.63) is 41.5 Å². The van der Waals surface area contributed by atoms with E-state index >= 15 is 0 Å². The first-order valence-corrected chi connectivity index (χ1v) is 7.45. The minimum Gasteiger partial charge on any atom is -0.399 e. The zero-order valence-corrected chi connectivity index (χ0v) is 11.5. The first kappa shape index (κ1) is 11.9. The molecule has 3 atom stereocenters. The molecule has 0 saturated heterocycles. The molecule has 2 N–H and O–H groups in total. The van der Waals surface area contributed by atoms with Gasteiger partial charge in [0.1, 0.15) is 0 Å². The van der Waals surface area contributed by atoms with Crippen molar-refractivity contribution in [3.8, 4) is 0 Å². The van der Waals surface area contributed by atoms with Crippen molar-refractivity contribution >= 4 is 5.69 Å². The van der Waals surface area contributed by atoms with Crippen molar-refractivity contribution in [2.24, 2.45) is 11.8 Å². The van der Waals surface area contributed by atoms with Crippen molar-refractivity contribution in [1.82, 2.24) is 10.1 Å². The Morgan fingerprint density at radius 2 is 2.20 bits per heavy atom. The van der Waals surface area contributed by atoms with Gasteiger partial charge in [0.15, 0.2) is 5.82 Å². The summed E-state index contributed by atoms with van der Waals surface area (Å²) < 4.78 is 5.43. The van der Waals surface area contributed by atoms with Gasteiger partial charge in [-0.3, -0.25) is 0 Å². The third-order valence-electron chi connectivity index (χ3n) is 4.86. The van der Waals surface area contributed by atoms with Crippen LogP contribution in [0.1, 0.15) is 48.9 Å². The molecule has 3 unspecified atom stereocenters. The van der Waals surface area contributed by atoms with E-state index in [1.165, 1.54) is 25.7 Å². The summed E-state index contributed by atoms with van der Waals surface area (Å²) in [6.07, 6.45) is 6.02. The maximum absolute atomic E-state index is 5.79. The molecule has 1 aromatic heterocycles. The number of anilines is 1. The number of aromatic nitrogens is 2. The average Bonchev–Trinajstić information content (AvgIpc) is 3.13. The monoisotopic (exact) mass is 269 g/mol. The van der Waals surface area contributed by atoms with Gasteiger partial charge in [-0.15, -0.1) is 0 Å². The lowest BCUT2D eigenvalue weighted by Crippen LogP contribution is -2.10. The van der Waals surface area contributed by atoms with Gasteiger partial charge in [-0.1, -0.05) is 23.7 Å². The Bertz CT molecular complexity index is 622. The van der Waals surface area contributed by atoms with E-state index in [1.54, 1.807) is 0 Å². The summed E-state index contributed by atoms with van der Waals surface area (Å²) in [6.45, 7) is 0. The quantitative estimate of drug-likeness (QED) is 0.869. The zero-order valence-electron chi connectivity index (χ0n) is 11.5. The molecule has 2 saturated carbocycles. The molecule has 0 amide bonds. The first-order chi connectivity index (χ1) is 9.78. The van der Waals surface area contributed by atoms with Crippen LogP contribution < -0.4 is 5.73 Å². The molecule has 4 nitrogen and oxygen atoms in total. The summed E-state index contributed by atoms with van der Waals surface area (Å²) in [5, 5.41) is 4.22. The molecule has 2 aromatic rings. The molecular weight excluding hydrogens is 250 g/mol. The third kappa shape index (κ3) is 2.09. The van der Waals surface area contributed by atoms with Gasteiger partial charge >= 0.3 is 0 Å². The van der Waals surface area contributed by atoms with E-state index < -0.39 is 0 Å². The predicted octanol–water partition coefficient (Wildman–Crippen LogP) is 3.15. The number of hydrogen-bond acceptors (Lipinski definition) is 4. The van der Waals surface area contributed by atoms with Gasteiger partial charge in [-0.05, 0) is 48.8 Å². The second-order valence-corrected chi connectivity index (χ2v) is 6.25. The molecule has 2 aliphatic carbocycles. The van der Waals surface area contributed by atoms with Gasteiger partial charge in [0.05, 0.1) is 6.42 Å². The standard InChI is InChI=1S/C16H19N3O/c17-13-3-1-2-10(7-13)9-15-18-16(19-20-15)14-8-11-4-5-12(14)6-11/h1-3,7,11-12,14H,4-6,8-9,17H2. The minimum absolute atomic E-state index is 0.534. The van der Waals surface area contributed by atoms with Crippen LogP contribution in [0.25, 0.3) is 0 Å². The number of nitrogens with two attached hydrogens (primary N) is 1. The SMILES string of the molecule is Nc1cccc(Cc2nc(C3CC4CCC3C4)no2)c1. The van der Waals surface area contributed by atoms with Gasteiger partial charge in [-0.25, -0.2) is 0 Å². The van der Waals surface area contributed by atoms with E-state index in [2.05, 4.69) is 10.1 Å². The van der Waals surface area contributed by atoms with Crippen molar-refractivity contribution in [3.63, 3.8) is 0 Å². The summed E-state index contributed by atoms with van der Waals surface area (Å²) in [5.74, 6) is 3.86. The molecule has 0 radical (unpaired) electrons. The molecule has 0 spiro atoms. The van der Waals surface area contributed by atoms with Crippen LogP contribution in [0.4, 0.5) is 5.69 Å². The maximum atomic E-state index is 5.79. The van der Waals surface area contributed by atoms with Crippen molar-refractivity contribution in [2.75, 3.05) is 5.73 Å². The van der Waals surface area contributed by atoms with Gasteiger partial charge < -0.3 is 10.3 Å². The van der Waals surface area contributed by atoms with E-state index in [-0.39, 0.29) is 0 Å². The Kier molecular flexibility index (Phi) is 2.76. The van der Waals surface area contributed by atoms with Crippen molar-refractivity contribution < 1.29 is 4.52 Å². The Balaban J connectivity index is 1.51. The Morgan fingerprint density at radius 3 is 2.95 bits per heavy atom. The van der Waals surface area contributed by atoms with Crippen molar-refractivity contribution in [1.29, 1.82) is 0 Å². The largest absolute Gasteiger partial charge is 0.399 e. The second kappa shape index (κ2) is 4.62. The average molecular weight is 269 g/mol. The normalized spacial score (nSPS) is 28.1. The molecule has 4 rings (SSSR count). The van der Waals surface area contributed by atoms with Crippen LogP contribution in [0, 0.1) is 11.8 Å². The highest BCUT2D eigenvalue weighted by Gasteiger charge is 2.42. The zero-order chi connectivity index (χ0) is 13.5. The molecule has 1 aromatic carbocycles. The van der Waals surface area contributed by atoms with E-state index in [0.29, 0.717) is 18.2 Å². The van der Waals surface area contributed by atoms with Gasteiger partial charge in [0.25, 0.3) is 0 Å². The number of fused-ring (bicyclic) bond motifs is 2. The fourth-order valence-corrected chi connectivity index (χ4v) is 3.93. The molecule has 2 aliphatic rings. The highest BCUT2D eigenvalue weighted by Crippen LogP contribution is 2.52. The summed E-state index contributed by atoms with van der Waals surface area (Å²) in [6, 6.07) is 7.84. The lowest BCUT2D eigenvalue weighted by Gasteiger charge is -2.17. The summed E-state index contributed by atoms with van der Waals surface area (Å²) in [5.41, 5.74) is 7.68. The molecule has 2 bridgehead atoms. The Hall–Kier alpha value is -1.84. The first-order valence-electron chi connectivity index (χ1n) is 7.45. The van der Waals surface area contributed by atoms with Gasteiger partial charge in [0.2, 0.25) is 5.89 Å². The smallest absolute Gasteiger partial charge is 0.231 e. The van der Waals surface area contributed by atoms with E-state index in [1.807, 2.05) is 24.3 Å². The van der Waals surface area contributed by atoms with E-state index in [0.717, 1.165) is 28.9 Å². The molecule has 2 fully saturated rings. The number of rotatable bonds is 3.